The summed E-state index contributed by atoms with van der Waals surface area (Å²) in [7, 11) is 0. The Labute approximate surface area is 146 Å². The number of nitrogens with zero attached hydrogens (tertiary/aromatic N) is 1. The summed E-state index contributed by atoms with van der Waals surface area (Å²) < 4.78 is 5.09. The molecule has 0 aliphatic heterocycles. The van der Waals surface area contributed by atoms with E-state index in [1.165, 1.54) is 18.5 Å². The molecular weight excluding hydrogens is 324 g/mol. The molecule has 0 radical (unpaired) electrons. The average Bonchev–Trinajstić information content (AvgIpc) is 2.50. The summed E-state index contributed by atoms with van der Waals surface area (Å²) in [6, 6.07) is 1.50. The zero-order valence-electron chi connectivity index (χ0n) is 15.0. The van der Waals surface area contributed by atoms with Gasteiger partial charge in [0.15, 0.2) is 17.5 Å². The van der Waals surface area contributed by atoms with Gasteiger partial charge >= 0.3 is 5.97 Å². The molecule has 25 heavy (non-hydrogen) atoms. The van der Waals surface area contributed by atoms with Crippen molar-refractivity contribution in [3.8, 4) is 0 Å². The Morgan fingerprint density at radius 1 is 1.28 bits per heavy atom. The van der Waals surface area contributed by atoms with Crippen molar-refractivity contribution in [1.82, 2.24) is 10.3 Å². The quantitative estimate of drug-likeness (QED) is 0.652. The second kappa shape index (κ2) is 6.38. The first-order chi connectivity index (χ1) is 11.4. The van der Waals surface area contributed by atoms with Gasteiger partial charge in [-0.3, -0.25) is 24.2 Å². The summed E-state index contributed by atoms with van der Waals surface area (Å²) >= 11 is 0. The highest BCUT2D eigenvalue weighted by molar-refractivity contribution is 6.28. The van der Waals surface area contributed by atoms with Gasteiger partial charge in [0.2, 0.25) is 5.91 Å². The minimum absolute atomic E-state index is 0.303. The van der Waals surface area contributed by atoms with Crippen molar-refractivity contribution in [2.24, 2.45) is 5.92 Å². The number of aromatic nitrogens is 1. The van der Waals surface area contributed by atoms with Crippen LogP contribution in [0.15, 0.2) is 18.5 Å². The fourth-order valence-corrected chi connectivity index (χ4v) is 2.75. The van der Waals surface area contributed by atoms with Crippen LogP contribution in [-0.2, 0) is 24.5 Å². The van der Waals surface area contributed by atoms with E-state index in [0.29, 0.717) is 11.1 Å². The van der Waals surface area contributed by atoms with E-state index in [4.69, 9.17) is 4.74 Å². The third kappa shape index (κ3) is 3.75. The minimum Gasteiger partial charge on any atom is -0.459 e. The Bertz CT molecular complexity index is 746. The monoisotopic (exact) mass is 346 g/mol. The molecule has 0 bridgehead atoms. The lowest BCUT2D eigenvalue weighted by Gasteiger charge is -2.33. The van der Waals surface area contributed by atoms with Crippen molar-refractivity contribution in [3.05, 3.63) is 29.6 Å². The SMILES string of the molecule is CC(C)(C)OC(=O)CNC(=O)C1C(=O)c2ccncc2C(C)(C)C1=O. The van der Waals surface area contributed by atoms with E-state index < -0.39 is 46.9 Å². The molecule has 1 aliphatic carbocycles. The van der Waals surface area contributed by atoms with Gasteiger partial charge in [0.25, 0.3) is 0 Å². The molecule has 0 saturated carbocycles. The topological polar surface area (TPSA) is 102 Å². The first-order valence-electron chi connectivity index (χ1n) is 7.97. The van der Waals surface area contributed by atoms with E-state index >= 15 is 0 Å². The number of carbonyl (C=O) groups is 4. The number of fused-ring (bicyclic) bond motifs is 1. The van der Waals surface area contributed by atoms with E-state index in [0.717, 1.165) is 0 Å². The van der Waals surface area contributed by atoms with Gasteiger partial charge in [-0.1, -0.05) is 0 Å². The van der Waals surface area contributed by atoms with Crippen molar-refractivity contribution in [3.63, 3.8) is 0 Å². The number of hydrogen-bond acceptors (Lipinski definition) is 6. The minimum atomic E-state index is -1.48. The molecule has 0 fully saturated rings. The van der Waals surface area contributed by atoms with Gasteiger partial charge in [-0.25, -0.2) is 0 Å². The van der Waals surface area contributed by atoms with Crippen molar-refractivity contribution in [1.29, 1.82) is 0 Å². The van der Waals surface area contributed by atoms with E-state index in [-0.39, 0.29) is 0 Å². The smallest absolute Gasteiger partial charge is 0.325 e. The number of carbonyl (C=O) groups excluding carboxylic acids is 4. The van der Waals surface area contributed by atoms with Crippen LogP contribution in [0.1, 0.15) is 50.5 Å². The highest BCUT2D eigenvalue weighted by atomic mass is 16.6. The molecule has 134 valence electrons. The lowest BCUT2D eigenvalue weighted by Crippen LogP contribution is -2.51. The second-order valence-corrected chi connectivity index (χ2v) is 7.51. The molecule has 0 aromatic carbocycles. The van der Waals surface area contributed by atoms with E-state index in [1.807, 2.05) is 0 Å². The van der Waals surface area contributed by atoms with Gasteiger partial charge in [0.1, 0.15) is 12.1 Å². The van der Waals surface area contributed by atoms with Gasteiger partial charge < -0.3 is 10.1 Å². The first-order valence-corrected chi connectivity index (χ1v) is 7.97. The molecule has 2 rings (SSSR count). The van der Waals surface area contributed by atoms with Crippen LogP contribution in [0.25, 0.3) is 0 Å². The number of nitrogens with one attached hydrogen (secondary N) is 1. The van der Waals surface area contributed by atoms with Crippen LogP contribution in [0, 0.1) is 5.92 Å². The molecule has 0 saturated heterocycles. The van der Waals surface area contributed by atoms with Crippen molar-refractivity contribution in [2.75, 3.05) is 6.54 Å². The number of hydrogen-bond donors (Lipinski definition) is 1. The molecule has 1 aromatic rings. The number of ether oxygens (including phenoxy) is 1. The molecule has 1 aromatic heterocycles. The third-order valence-electron chi connectivity index (χ3n) is 3.99. The highest BCUT2D eigenvalue weighted by Gasteiger charge is 2.49. The lowest BCUT2D eigenvalue weighted by molar-refractivity contribution is -0.155. The maximum Gasteiger partial charge on any atom is 0.325 e. The molecule has 0 spiro atoms. The maximum atomic E-state index is 12.7. The van der Waals surface area contributed by atoms with Crippen LogP contribution >= 0.6 is 0 Å². The Hall–Kier alpha value is -2.57. The average molecular weight is 346 g/mol. The molecule has 1 amide bonds. The van der Waals surface area contributed by atoms with Crippen LogP contribution in [0.4, 0.5) is 0 Å². The van der Waals surface area contributed by atoms with Gasteiger partial charge in [-0.15, -0.1) is 0 Å². The van der Waals surface area contributed by atoms with Gasteiger partial charge in [0, 0.05) is 18.0 Å². The first kappa shape index (κ1) is 18.8. The fraction of sp³-hybridized carbons (Fsp3) is 0.500. The predicted octanol–water partition coefficient (Wildman–Crippen LogP) is 1.20. The molecule has 1 aliphatic rings. The Morgan fingerprint density at radius 2 is 1.92 bits per heavy atom. The summed E-state index contributed by atoms with van der Waals surface area (Å²) in [4.78, 5) is 53.4. The molecule has 7 nitrogen and oxygen atoms in total. The van der Waals surface area contributed by atoms with Crippen LogP contribution in [0.5, 0.6) is 0 Å². The van der Waals surface area contributed by atoms with Gasteiger partial charge in [-0.2, -0.15) is 0 Å². The standard InChI is InChI=1S/C18H22N2O5/c1-17(2,3)25-12(21)9-20-16(24)13-14(22)10-6-7-19-8-11(10)18(4,5)15(13)23/h6-8,13H,9H2,1-5H3,(H,20,24). The number of ketones is 2. The predicted molar refractivity (Wildman–Crippen MR) is 88.9 cm³/mol. The Balaban J connectivity index is 2.19. The van der Waals surface area contributed by atoms with Crippen LogP contribution < -0.4 is 5.32 Å². The van der Waals surface area contributed by atoms with Crippen molar-refractivity contribution >= 4 is 23.4 Å². The van der Waals surface area contributed by atoms with Gasteiger partial charge in [-0.05, 0) is 46.2 Å². The Kier molecular flexibility index (Phi) is 4.79. The number of Topliss-reactive ketones (excluding diaryl/α,β-unsaturated/α-hetero) is 2. The molecule has 7 heteroatoms. The molecule has 1 heterocycles. The van der Waals surface area contributed by atoms with Crippen molar-refractivity contribution in [2.45, 2.75) is 45.6 Å². The molecule has 1 N–H and O–H groups in total. The summed E-state index contributed by atoms with van der Waals surface area (Å²) in [5.41, 5.74) is -0.907. The number of esters is 1. The third-order valence-corrected chi connectivity index (χ3v) is 3.99. The summed E-state index contributed by atoms with van der Waals surface area (Å²) in [5.74, 6) is -4.01. The molecule has 1 unspecified atom stereocenters. The molecular formula is C18H22N2O5. The van der Waals surface area contributed by atoms with Crippen LogP contribution in [0.2, 0.25) is 0 Å². The zero-order chi connectivity index (χ0) is 19.0. The van der Waals surface area contributed by atoms with Crippen LogP contribution in [0.3, 0.4) is 0 Å². The normalized spacial score (nSPS) is 19.2. The van der Waals surface area contributed by atoms with Crippen LogP contribution in [-0.4, -0.2) is 40.6 Å². The zero-order valence-corrected chi connectivity index (χ0v) is 15.0. The highest BCUT2D eigenvalue weighted by Crippen LogP contribution is 2.36. The van der Waals surface area contributed by atoms with E-state index in [1.54, 1.807) is 34.6 Å². The summed E-state index contributed by atoms with van der Waals surface area (Å²) in [5, 5.41) is 2.33. The van der Waals surface area contributed by atoms with Gasteiger partial charge in [0.05, 0.1) is 5.41 Å². The van der Waals surface area contributed by atoms with E-state index in [2.05, 4.69) is 10.3 Å². The summed E-state index contributed by atoms with van der Waals surface area (Å²) in [6.45, 7) is 8.00. The van der Waals surface area contributed by atoms with E-state index in [9.17, 15) is 19.2 Å². The summed E-state index contributed by atoms with van der Waals surface area (Å²) in [6.07, 6.45) is 2.91. The Morgan fingerprint density at radius 3 is 2.52 bits per heavy atom. The largest absolute Gasteiger partial charge is 0.459 e. The number of amides is 1. The second-order valence-electron chi connectivity index (χ2n) is 7.51. The lowest BCUT2D eigenvalue weighted by atomic mass is 9.67. The fourth-order valence-electron chi connectivity index (χ4n) is 2.75. The van der Waals surface area contributed by atoms with Crippen molar-refractivity contribution < 1.29 is 23.9 Å². The maximum absolute atomic E-state index is 12.7. The number of pyridine rings is 1. The number of rotatable bonds is 3. The molecule has 1 atom stereocenters.